The highest BCUT2D eigenvalue weighted by atomic mass is 16.3. The van der Waals surface area contributed by atoms with Crippen molar-refractivity contribution in [2.24, 2.45) is 0 Å². The Morgan fingerprint density at radius 3 is 1.82 bits per heavy atom. The second kappa shape index (κ2) is 9.39. The zero-order valence-electron chi connectivity index (χ0n) is 23.3. The molecule has 7 rings (SSSR count). The van der Waals surface area contributed by atoms with Gasteiger partial charge in [0.1, 0.15) is 25.4 Å². The van der Waals surface area contributed by atoms with Gasteiger partial charge in [-0.05, 0) is 62.5 Å². The molecule has 3 nitrogen and oxygen atoms in total. The Hall–Kier alpha value is -4.89. The average molecular weight is 520 g/mol. The summed E-state index contributed by atoms with van der Waals surface area (Å²) >= 11 is 0. The molecule has 1 aliphatic carbocycles. The number of anilines is 1. The van der Waals surface area contributed by atoms with Crippen molar-refractivity contribution in [2.75, 3.05) is 33.1 Å². The number of nitrogens with zero attached hydrogens (tertiary/aromatic N) is 2. The van der Waals surface area contributed by atoms with Gasteiger partial charge in [-0.2, -0.15) is 0 Å². The zero-order chi connectivity index (χ0) is 27.4. The minimum Gasteiger partial charge on any atom is -0.456 e. The summed E-state index contributed by atoms with van der Waals surface area (Å²) in [6.45, 7) is 0. The summed E-state index contributed by atoms with van der Waals surface area (Å²) in [4.78, 5) is 2.11. The van der Waals surface area contributed by atoms with Crippen LogP contribution in [0.3, 0.4) is 0 Å². The summed E-state index contributed by atoms with van der Waals surface area (Å²) in [5, 5.41) is 7.29. The molecule has 0 spiro atoms. The number of rotatable bonds is 3. The maximum atomic E-state index is 6.53. The third-order valence-electron chi connectivity index (χ3n) is 7.96. The Morgan fingerprint density at radius 1 is 0.575 bits per heavy atom. The van der Waals surface area contributed by atoms with E-state index in [1.54, 1.807) is 0 Å². The molecule has 1 heterocycles. The van der Waals surface area contributed by atoms with E-state index >= 15 is 0 Å². The standard InChI is InChI=1S/C37H31N2O/c1-38(2)28-17-19-32-34(22-28)40-35-23-29(39(3)4)18-20-33(35)37(32)25-15-13-24(14-16-25)36-30-11-7-5-9-26(30)21-27-10-6-8-12-31(27)36/h5-23H,1-4H3/q+1. The molecule has 0 radical (unpaired) electrons. The first-order valence-corrected chi connectivity index (χ1v) is 13.7. The van der Waals surface area contributed by atoms with Gasteiger partial charge in [-0.15, -0.1) is 0 Å². The van der Waals surface area contributed by atoms with Crippen LogP contribution in [0, 0.1) is 0 Å². The fourth-order valence-electron chi connectivity index (χ4n) is 5.86. The molecule has 3 heteroatoms. The Bertz CT molecular complexity index is 2040. The highest BCUT2D eigenvalue weighted by molar-refractivity contribution is 6.13. The Morgan fingerprint density at radius 2 is 1.20 bits per heavy atom. The van der Waals surface area contributed by atoms with Gasteiger partial charge in [-0.1, -0.05) is 72.8 Å². The van der Waals surface area contributed by atoms with Gasteiger partial charge >= 0.3 is 0 Å². The van der Waals surface area contributed by atoms with Gasteiger partial charge in [0.25, 0.3) is 0 Å². The summed E-state index contributed by atoms with van der Waals surface area (Å²) in [7, 11) is 8.23. The van der Waals surface area contributed by atoms with Crippen LogP contribution in [-0.2, 0) is 0 Å². The minimum atomic E-state index is 0.883. The summed E-state index contributed by atoms with van der Waals surface area (Å²) in [6.07, 6.45) is 0. The molecular weight excluding hydrogens is 488 g/mol. The Balaban J connectivity index is 1.47. The van der Waals surface area contributed by atoms with Crippen molar-refractivity contribution in [3.8, 4) is 33.6 Å². The van der Waals surface area contributed by atoms with Crippen molar-refractivity contribution in [3.05, 3.63) is 121 Å². The maximum Gasteiger partial charge on any atom is 0.203 e. The first-order valence-electron chi connectivity index (χ1n) is 13.7. The smallest absolute Gasteiger partial charge is 0.203 e. The molecule has 0 amide bonds. The molecular formula is C37H31N2O+. The second-order valence-electron chi connectivity index (χ2n) is 10.9. The molecule has 5 aromatic carbocycles. The summed E-state index contributed by atoms with van der Waals surface area (Å²) in [5.74, 6) is 0.883. The molecule has 0 fully saturated rings. The fourth-order valence-corrected chi connectivity index (χ4v) is 5.86. The number of hydrogen-bond donors (Lipinski definition) is 0. The lowest BCUT2D eigenvalue weighted by Gasteiger charge is -2.18. The highest BCUT2D eigenvalue weighted by Gasteiger charge is 2.19. The van der Waals surface area contributed by atoms with Crippen molar-refractivity contribution in [3.63, 3.8) is 0 Å². The molecule has 0 unspecified atom stereocenters. The molecule has 2 aliphatic rings. The molecule has 40 heavy (non-hydrogen) atoms. The number of benzene rings is 6. The molecule has 1 aliphatic heterocycles. The topological polar surface area (TPSA) is 19.4 Å². The van der Waals surface area contributed by atoms with E-state index in [4.69, 9.17) is 4.42 Å². The van der Waals surface area contributed by atoms with Crippen LogP contribution in [0.2, 0.25) is 0 Å². The SMILES string of the molecule is CN(C)c1ccc2c(-c3ccc(-c4c5ccccc5cc5ccccc45)cc3)c3ccc(=[N+](C)C)cc-3oc2c1. The van der Waals surface area contributed by atoms with Gasteiger partial charge in [0, 0.05) is 48.4 Å². The molecule has 194 valence electrons. The largest absolute Gasteiger partial charge is 0.456 e. The average Bonchev–Trinajstić information content (AvgIpc) is 2.98. The molecule has 0 aromatic heterocycles. The first kappa shape index (κ1) is 24.2. The van der Waals surface area contributed by atoms with Crippen LogP contribution in [0.15, 0.2) is 120 Å². The summed E-state index contributed by atoms with van der Waals surface area (Å²) in [5.41, 5.74) is 7.98. The van der Waals surface area contributed by atoms with E-state index < -0.39 is 0 Å². The van der Waals surface area contributed by atoms with Gasteiger partial charge < -0.3 is 9.32 Å². The predicted octanol–water partition coefficient (Wildman–Crippen LogP) is 8.28. The Labute approximate surface area is 234 Å². The summed E-state index contributed by atoms with van der Waals surface area (Å²) < 4.78 is 8.64. The molecule has 5 aromatic rings. The van der Waals surface area contributed by atoms with E-state index in [2.05, 4.69) is 153 Å². The zero-order valence-corrected chi connectivity index (χ0v) is 23.3. The predicted molar refractivity (Wildman–Crippen MR) is 170 cm³/mol. The highest BCUT2D eigenvalue weighted by Crippen LogP contribution is 2.42. The fraction of sp³-hybridized carbons (Fsp3) is 0.108. The van der Waals surface area contributed by atoms with Gasteiger partial charge in [0.05, 0.1) is 6.07 Å². The monoisotopic (exact) mass is 519 g/mol. The molecule has 0 saturated heterocycles. The van der Waals surface area contributed by atoms with Crippen molar-refractivity contribution >= 4 is 38.2 Å². The van der Waals surface area contributed by atoms with E-state index in [0.717, 1.165) is 33.3 Å². The lowest BCUT2D eigenvalue weighted by Crippen LogP contribution is -2.21. The first-order chi connectivity index (χ1) is 19.5. The van der Waals surface area contributed by atoms with E-state index in [-0.39, 0.29) is 0 Å². The van der Waals surface area contributed by atoms with E-state index in [0.29, 0.717) is 0 Å². The molecule has 0 N–H and O–H groups in total. The van der Waals surface area contributed by atoms with Crippen LogP contribution < -0.4 is 14.8 Å². The van der Waals surface area contributed by atoms with Crippen molar-refractivity contribution in [1.29, 1.82) is 0 Å². The third kappa shape index (κ3) is 3.94. The van der Waals surface area contributed by atoms with Crippen LogP contribution in [0.5, 0.6) is 0 Å². The van der Waals surface area contributed by atoms with Crippen molar-refractivity contribution in [2.45, 2.75) is 0 Å². The van der Waals surface area contributed by atoms with Crippen molar-refractivity contribution in [1.82, 2.24) is 4.58 Å². The van der Waals surface area contributed by atoms with E-state index in [9.17, 15) is 0 Å². The molecule has 0 atom stereocenters. The second-order valence-corrected chi connectivity index (χ2v) is 10.9. The Kier molecular flexibility index (Phi) is 5.67. The van der Waals surface area contributed by atoms with Gasteiger partial charge in [-0.3, -0.25) is 0 Å². The van der Waals surface area contributed by atoms with E-state index in [1.165, 1.54) is 43.8 Å². The summed E-state index contributed by atoms with van der Waals surface area (Å²) in [6, 6.07) is 41.7. The van der Waals surface area contributed by atoms with Crippen LogP contribution in [0.25, 0.3) is 66.1 Å². The lowest BCUT2D eigenvalue weighted by molar-refractivity contribution is 0.617. The van der Waals surface area contributed by atoms with Crippen LogP contribution in [0.4, 0.5) is 5.69 Å². The number of hydrogen-bond acceptors (Lipinski definition) is 2. The van der Waals surface area contributed by atoms with Gasteiger partial charge in [0.15, 0.2) is 0 Å². The molecule has 0 saturated carbocycles. The molecule has 0 bridgehead atoms. The van der Waals surface area contributed by atoms with Crippen LogP contribution in [0.1, 0.15) is 0 Å². The lowest BCUT2D eigenvalue weighted by atomic mass is 9.89. The van der Waals surface area contributed by atoms with Gasteiger partial charge in [-0.25, -0.2) is 4.58 Å². The third-order valence-corrected chi connectivity index (χ3v) is 7.96. The van der Waals surface area contributed by atoms with Gasteiger partial charge in [0.2, 0.25) is 5.36 Å². The van der Waals surface area contributed by atoms with Crippen LogP contribution in [-0.4, -0.2) is 28.2 Å². The normalized spacial score (nSPS) is 11.5. The maximum absolute atomic E-state index is 6.53. The number of fused-ring (bicyclic) bond motifs is 4. The quantitative estimate of drug-likeness (QED) is 0.173. The minimum absolute atomic E-state index is 0.883. The van der Waals surface area contributed by atoms with E-state index in [1.807, 2.05) is 0 Å². The van der Waals surface area contributed by atoms with Crippen molar-refractivity contribution < 1.29 is 4.42 Å². The van der Waals surface area contributed by atoms with Crippen LogP contribution >= 0.6 is 0 Å².